The zero-order valence-corrected chi connectivity index (χ0v) is 9.56. The molecule has 0 aromatic heterocycles. The summed E-state index contributed by atoms with van der Waals surface area (Å²) in [7, 11) is 0. The summed E-state index contributed by atoms with van der Waals surface area (Å²) in [6, 6.07) is 7.09. The number of benzene rings is 1. The highest BCUT2D eigenvalue weighted by Gasteiger charge is 2.23. The van der Waals surface area contributed by atoms with E-state index in [2.05, 4.69) is 53.3 Å². The lowest BCUT2D eigenvalue weighted by atomic mass is 9.96. The van der Waals surface area contributed by atoms with Crippen LogP contribution < -0.4 is 5.32 Å². The van der Waals surface area contributed by atoms with Crippen LogP contribution in [0.25, 0.3) is 0 Å². The van der Waals surface area contributed by atoms with Crippen LogP contribution in [0.4, 0.5) is 0 Å². The van der Waals surface area contributed by atoms with E-state index in [0.29, 0.717) is 12.0 Å². The normalized spacial score (nSPS) is 20.8. The average molecular weight is 240 g/mol. The van der Waals surface area contributed by atoms with Crippen molar-refractivity contribution in [3.05, 3.63) is 33.8 Å². The first-order valence-electron chi connectivity index (χ1n) is 4.70. The standard InChI is InChI=1S/C11H14BrN/c1-7(2)11-10-5-9(12)4-3-8(10)6-13-11/h3-5,7,11,13H,6H2,1-2H3. The lowest BCUT2D eigenvalue weighted by molar-refractivity contribution is 0.441. The first kappa shape index (κ1) is 9.22. The summed E-state index contributed by atoms with van der Waals surface area (Å²) in [6.45, 7) is 5.53. The second-order valence-electron chi connectivity index (χ2n) is 3.95. The number of rotatable bonds is 1. The van der Waals surface area contributed by atoms with Crippen LogP contribution in [0.3, 0.4) is 0 Å². The summed E-state index contributed by atoms with van der Waals surface area (Å²) >= 11 is 3.51. The fraction of sp³-hybridized carbons (Fsp3) is 0.455. The van der Waals surface area contributed by atoms with Crippen molar-refractivity contribution in [3.8, 4) is 0 Å². The molecule has 1 aromatic rings. The van der Waals surface area contributed by atoms with Crippen molar-refractivity contribution >= 4 is 15.9 Å². The minimum atomic E-state index is 0.535. The Balaban J connectivity index is 2.40. The van der Waals surface area contributed by atoms with E-state index in [0.717, 1.165) is 6.54 Å². The summed E-state index contributed by atoms with van der Waals surface area (Å²) in [5, 5.41) is 3.53. The third-order valence-corrected chi connectivity index (χ3v) is 3.12. The summed E-state index contributed by atoms with van der Waals surface area (Å²) < 4.78 is 1.18. The molecule has 70 valence electrons. The first-order chi connectivity index (χ1) is 6.18. The smallest absolute Gasteiger partial charge is 0.0349 e. The second kappa shape index (κ2) is 3.43. The predicted octanol–water partition coefficient (Wildman–Crippen LogP) is 3.25. The quantitative estimate of drug-likeness (QED) is 0.794. The zero-order chi connectivity index (χ0) is 9.42. The molecule has 0 aliphatic carbocycles. The Kier molecular flexibility index (Phi) is 2.43. The predicted molar refractivity (Wildman–Crippen MR) is 58.6 cm³/mol. The fourth-order valence-electron chi connectivity index (χ4n) is 1.94. The van der Waals surface area contributed by atoms with E-state index in [1.807, 2.05) is 0 Å². The van der Waals surface area contributed by atoms with Crippen LogP contribution in [0.15, 0.2) is 22.7 Å². The van der Waals surface area contributed by atoms with Crippen LogP contribution in [0.5, 0.6) is 0 Å². The molecule has 2 rings (SSSR count). The lowest BCUT2D eigenvalue weighted by Gasteiger charge is -2.16. The van der Waals surface area contributed by atoms with Gasteiger partial charge in [0.25, 0.3) is 0 Å². The molecule has 0 amide bonds. The molecule has 1 aliphatic heterocycles. The molecule has 1 nitrogen and oxygen atoms in total. The average Bonchev–Trinajstić information content (AvgIpc) is 2.46. The first-order valence-corrected chi connectivity index (χ1v) is 5.49. The summed E-state index contributed by atoms with van der Waals surface area (Å²) in [5.74, 6) is 0.663. The van der Waals surface area contributed by atoms with Gasteiger partial charge in [-0.1, -0.05) is 35.8 Å². The SMILES string of the molecule is CC(C)C1NCc2ccc(Br)cc21. The van der Waals surface area contributed by atoms with Gasteiger partial charge in [0.1, 0.15) is 0 Å². The highest BCUT2D eigenvalue weighted by molar-refractivity contribution is 9.10. The van der Waals surface area contributed by atoms with Crippen LogP contribution in [-0.2, 0) is 6.54 Å². The lowest BCUT2D eigenvalue weighted by Crippen LogP contribution is -2.17. The highest BCUT2D eigenvalue weighted by atomic mass is 79.9. The number of nitrogens with one attached hydrogen (secondary N) is 1. The van der Waals surface area contributed by atoms with Crippen molar-refractivity contribution in [2.75, 3.05) is 0 Å². The zero-order valence-electron chi connectivity index (χ0n) is 7.97. The molecular formula is C11H14BrN. The molecule has 1 atom stereocenters. The Labute approximate surface area is 87.7 Å². The van der Waals surface area contributed by atoms with Crippen molar-refractivity contribution in [3.63, 3.8) is 0 Å². The maximum Gasteiger partial charge on any atom is 0.0349 e. The van der Waals surface area contributed by atoms with Crippen molar-refractivity contribution in [2.45, 2.75) is 26.4 Å². The van der Waals surface area contributed by atoms with Gasteiger partial charge in [-0.15, -0.1) is 0 Å². The second-order valence-corrected chi connectivity index (χ2v) is 4.86. The maximum absolute atomic E-state index is 3.53. The van der Waals surface area contributed by atoms with Crippen LogP contribution in [-0.4, -0.2) is 0 Å². The molecule has 0 spiro atoms. The van der Waals surface area contributed by atoms with Gasteiger partial charge in [-0.3, -0.25) is 0 Å². The van der Waals surface area contributed by atoms with Gasteiger partial charge in [0.2, 0.25) is 0 Å². The van der Waals surface area contributed by atoms with Crippen LogP contribution in [0.1, 0.15) is 31.0 Å². The Morgan fingerprint density at radius 1 is 1.46 bits per heavy atom. The summed E-state index contributed by atoms with van der Waals surface area (Å²) in [6.07, 6.45) is 0. The van der Waals surface area contributed by atoms with Crippen molar-refractivity contribution in [1.82, 2.24) is 5.32 Å². The number of hydrogen-bond donors (Lipinski definition) is 1. The molecule has 2 heteroatoms. The molecule has 1 unspecified atom stereocenters. The third kappa shape index (κ3) is 1.65. The molecule has 1 N–H and O–H groups in total. The molecule has 0 fully saturated rings. The topological polar surface area (TPSA) is 12.0 Å². The van der Waals surface area contributed by atoms with Gasteiger partial charge in [0.15, 0.2) is 0 Å². The Morgan fingerprint density at radius 2 is 2.23 bits per heavy atom. The molecule has 1 heterocycles. The minimum absolute atomic E-state index is 0.535. The molecule has 1 aromatic carbocycles. The largest absolute Gasteiger partial charge is 0.306 e. The van der Waals surface area contributed by atoms with Gasteiger partial charge >= 0.3 is 0 Å². The number of fused-ring (bicyclic) bond motifs is 1. The monoisotopic (exact) mass is 239 g/mol. The van der Waals surface area contributed by atoms with E-state index in [9.17, 15) is 0 Å². The Morgan fingerprint density at radius 3 is 2.92 bits per heavy atom. The van der Waals surface area contributed by atoms with Crippen LogP contribution in [0.2, 0.25) is 0 Å². The number of hydrogen-bond acceptors (Lipinski definition) is 1. The van der Waals surface area contributed by atoms with Crippen molar-refractivity contribution < 1.29 is 0 Å². The van der Waals surface area contributed by atoms with E-state index in [-0.39, 0.29) is 0 Å². The van der Waals surface area contributed by atoms with Gasteiger partial charge in [-0.05, 0) is 29.2 Å². The van der Waals surface area contributed by atoms with Crippen molar-refractivity contribution in [1.29, 1.82) is 0 Å². The van der Waals surface area contributed by atoms with Gasteiger partial charge in [0, 0.05) is 17.1 Å². The molecule has 0 radical (unpaired) electrons. The molecule has 0 saturated carbocycles. The highest BCUT2D eigenvalue weighted by Crippen LogP contribution is 2.32. The third-order valence-electron chi connectivity index (χ3n) is 2.62. The van der Waals surface area contributed by atoms with Crippen LogP contribution in [0, 0.1) is 5.92 Å². The fourth-order valence-corrected chi connectivity index (χ4v) is 2.32. The summed E-state index contributed by atoms with van der Waals surface area (Å²) in [4.78, 5) is 0. The van der Waals surface area contributed by atoms with Gasteiger partial charge in [-0.25, -0.2) is 0 Å². The van der Waals surface area contributed by atoms with Gasteiger partial charge in [-0.2, -0.15) is 0 Å². The molecule has 13 heavy (non-hydrogen) atoms. The number of halogens is 1. The summed E-state index contributed by atoms with van der Waals surface area (Å²) in [5.41, 5.74) is 2.91. The van der Waals surface area contributed by atoms with Crippen molar-refractivity contribution in [2.24, 2.45) is 5.92 Å². The van der Waals surface area contributed by atoms with Gasteiger partial charge in [0.05, 0.1) is 0 Å². The van der Waals surface area contributed by atoms with E-state index in [1.54, 1.807) is 0 Å². The molecule has 1 aliphatic rings. The van der Waals surface area contributed by atoms with E-state index in [1.165, 1.54) is 15.6 Å². The Bertz CT molecular complexity index is 320. The molecule has 0 bridgehead atoms. The Hall–Kier alpha value is -0.340. The van der Waals surface area contributed by atoms with Gasteiger partial charge < -0.3 is 5.32 Å². The minimum Gasteiger partial charge on any atom is -0.306 e. The molecular weight excluding hydrogens is 226 g/mol. The maximum atomic E-state index is 3.53. The van der Waals surface area contributed by atoms with E-state index < -0.39 is 0 Å². The molecule has 0 saturated heterocycles. The van der Waals surface area contributed by atoms with E-state index >= 15 is 0 Å². The van der Waals surface area contributed by atoms with E-state index in [4.69, 9.17) is 0 Å². The van der Waals surface area contributed by atoms with Crippen LogP contribution >= 0.6 is 15.9 Å².